The van der Waals surface area contributed by atoms with E-state index in [1.54, 1.807) is 6.07 Å². The van der Waals surface area contributed by atoms with Gasteiger partial charge in [0.05, 0.1) is 5.02 Å². The van der Waals surface area contributed by atoms with Crippen LogP contribution in [-0.2, 0) is 6.54 Å². The van der Waals surface area contributed by atoms with Gasteiger partial charge in [-0.1, -0.05) is 17.7 Å². The fourth-order valence-corrected chi connectivity index (χ4v) is 0.971. The van der Waals surface area contributed by atoms with Crippen LogP contribution in [0.2, 0.25) is 5.02 Å². The molecule has 0 bridgehead atoms. The number of nitrogens with one attached hydrogen (secondary N) is 1. The molecule has 0 unspecified atom stereocenters. The van der Waals surface area contributed by atoms with E-state index in [2.05, 4.69) is 5.43 Å². The molecule has 0 heterocycles. The van der Waals surface area contributed by atoms with Crippen molar-refractivity contribution in [3.63, 3.8) is 0 Å². The highest BCUT2D eigenvalue weighted by atomic mass is 35.5. The molecule has 0 spiro atoms. The van der Waals surface area contributed by atoms with E-state index in [1.807, 2.05) is 0 Å². The first kappa shape index (κ1) is 15.4. The van der Waals surface area contributed by atoms with Gasteiger partial charge in [0.25, 0.3) is 0 Å². The molecule has 76 valence electrons. The zero-order chi connectivity index (χ0) is 8.27. The minimum atomic E-state index is -0.410. The van der Waals surface area contributed by atoms with Crippen molar-refractivity contribution in [2.75, 3.05) is 0 Å². The second kappa shape index (κ2) is 7.35. The average molecular weight is 248 g/mol. The van der Waals surface area contributed by atoms with E-state index in [0.717, 1.165) is 5.56 Å². The van der Waals surface area contributed by atoms with Crippen LogP contribution in [0, 0.1) is 5.82 Å². The molecule has 6 heteroatoms. The van der Waals surface area contributed by atoms with E-state index in [9.17, 15) is 4.39 Å². The van der Waals surface area contributed by atoms with Crippen molar-refractivity contribution in [1.29, 1.82) is 0 Å². The minimum absolute atomic E-state index is 0. The van der Waals surface area contributed by atoms with E-state index in [4.69, 9.17) is 17.4 Å². The molecule has 0 aliphatic carbocycles. The van der Waals surface area contributed by atoms with Gasteiger partial charge in [0.1, 0.15) is 5.82 Å². The van der Waals surface area contributed by atoms with E-state index in [1.165, 1.54) is 12.1 Å². The molecule has 0 saturated heterocycles. The number of hydrogen-bond acceptors (Lipinski definition) is 2. The van der Waals surface area contributed by atoms with Gasteiger partial charge >= 0.3 is 0 Å². The summed E-state index contributed by atoms with van der Waals surface area (Å²) < 4.78 is 12.6. The van der Waals surface area contributed by atoms with Gasteiger partial charge in [-0.2, -0.15) is 0 Å². The van der Waals surface area contributed by atoms with Gasteiger partial charge in [-0.3, -0.25) is 11.3 Å². The number of nitrogens with two attached hydrogens (primary N) is 1. The standard InChI is InChI=1S/C7H8ClFN2.2ClH/c8-6-3-5(4-11-10)1-2-7(6)9;;/h1-3,11H,4,10H2;2*1H. The van der Waals surface area contributed by atoms with Crippen molar-refractivity contribution in [1.82, 2.24) is 5.43 Å². The molecular weight excluding hydrogens is 237 g/mol. The first-order valence-electron chi connectivity index (χ1n) is 3.11. The van der Waals surface area contributed by atoms with Gasteiger partial charge in [-0.25, -0.2) is 4.39 Å². The van der Waals surface area contributed by atoms with Crippen LogP contribution in [0.5, 0.6) is 0 Å². The first-order chi connectivity index (χ1) is 5.24. The molecule has 0 aromatic heterocycles. The van der Waals surface area contributed by atoms with Crippen LogP contribution in [0.15, 0.2) is 18.2 Å². The van der Waals surface area contributed by atoms with Crippen LogP contribution < -0.4 is 11.3 Å². The normalized spacial score (nSPS) is 8.54. The number of rotatable bonds is 2. The second-order valence-corrected chi connectivity index (χ2v) is 2.54. The number of halogens is 4. The Morgan fingerprint density at radius 2 is 2.00 bits per heavy atom. The Balaban J connectivity index is 0. The summed E-state index contributed by atoms with van der Waals surface area (Å²) in [5, 5.41) is 0.123. The number of hydrazine groups is 1. The lowest BCUT2D eigenvalue weighted by Gasteiger charge is -2.00. The summed E-state index contributed by atoms with van der Waals surface area (Å²) in [6, 6.07) is 4.48. The molecule has 0 amide bonds. The van der Waals surface area contributed by atoms with Gasteiger partial charge in [0.2, 0.25) is 0 Å². The van der Waals surface area contributed by atoms with Crippen molar-refractivity contribution in [3.8, 4) is 0 Å². The summed E-state index contributed by atoms with van der Waals surface area (Å²) in [6.07, 6.45) is 0. The Kier molecular flexibility index (Phi) is 8.72. The molecule has 0 aliphatic rings. The molecule has 3 N–H and O–H groups in total. The van der Waals surface area contributed by atoms with Crippen LogP contribution >= 0.6 is 36.4 Å². The third-order valence-electron chi connectivity index (χ3n) is 1.29. The van der Waals surface area contributed by atoms with E-state index >= 15 is 0 Å². The summed E-state index contributed by atoms with van der Waals surface area (Å²) in [6.45, 7) is 0.486. The number of benzene rings is 1. The molecule has 1 aromatic rings. The van der Waals surface area contributed by atoms with Crippen LogP contribution in [0.25, 0.3) is 0 Å². The highest BCUT2D eigenvalue weighted by Crippen LogP contribution is 2.15. The maximum Gasteiger partial charge on any atom is 0.141 e. The topological polar surface area (TPSA) is 38.0 Å². The number of hydrogen-bond donors (Lipinski definition) is 2. The molecule has 0 atom stereocenters. The smallest absolute Gasteiger partial charge is 0.141 e. The van der Waals surface area contributed by atoms with Crippen molar-refractivity contribution in [2.45, 2.75) is 6.54 Å². The fourth-order valence-electron chi connectivity index (χ4n) is 0.767. The molecule has 1 aromatic carbocycles. The summed E-state index contributed by atoms with van der Waals surface area (Å²) in [7, 11) is 0. The molecule has 0 saturated carbocycles. The Morgan fingerprint density at radius 3 is 2.46 bits per heavy atom. The molecular formula is C7H10Cl3FN2. The van der Waals surface area contributed by atoms with Crippen molar-refractivity contribution in [3.05, 3.63) is 34.6 Å². The summed E-state index contributed by atoms with van der Waals surface area (Å²) in [4.78, 5) is 0. The fraction of sp³-hybridized carbons (Fsp3) is 0.143. The van der Waals surface area contributed by atoms with Gasteiger partial charge in [-0.15, -0.1) is 24.8 Å². The Morgan fingerprint density at radius 1 is 1.38 bits per heavy atom. The Bertz CT molecular complexity index is 257. The van der Waals surface area contributed by atoms with Crippen LogP contribution in [0.1, 0.15) is 5.56 Å². The first-order valence-corrected chi connectivity index (χ1v) is 3.49. The predicted molar refractivity (Wildman–Crippen MR) is 56.9 cm³/mol. The minimum Gasteiger partial charge on any atom is -0.271 e. The monoisotopic (exact) mass is 246 g/mol. The lowest BCUT2D eigenvalue weighted by atomic mass is 10.2. The molecule has 0 aliphatic heterocycles. The maximum absolute atomic E-state index is 12.6. The molecule has 0 radical (unpaired) electrons. The third-order valence-corrected chi connectivity index (χ3v) is 1.58. The van der Waals surface area contributed by atoms with E-state index in [-0.39, 0.29) is 29.8 Å². The second-order valence-electron chi connectivity index (χ2n) is 2.13. The lowest BCUT2D eigenvalue weighted by Crippen LogP contribution is -2.20. The van der Waals surface area contributed by atoms with E-state index in [0.29, 0.717) is 6.54 Å². The average Bonchev–Trinajstić information content (AvgIpc) is 1.98. The largest absolute Gasteiger partial charge is 0.271 e. The third kappa shape index (κ3) is 4.64. The van der Waals surface area contributed by atoms with Gasteiger partial charge in [0.15, 0.2) is 0 Å². The SMILES string of the molecule is Cl.Cl.NNCc1ccc(F)c(Cl)c1. The summed E-state index contributed by atoms with van der Waals surface area (Å²) in [5.74, 6) is 4.65. The predicted octanol–water partition coefficient (Wildman–Crippen LogP) is 2.29. The van der Waals surface area contributed by atoms with Gasteiger partial charge in [0, 0.05) is 6.54 Å². The quantitative estimate of drug-likeness (QED) is 0.622. The van der Waals surface area contributed by atoms with Crippen LogP contribution in [-0.4, -0.2) is 0 Å². The summed E-state index contributed by atoms with van der Waals surface area (Å²) in [5.41, 5.74) is 3.31. The van der Waals surface area contributed by atoms with Gasteiger partial charge in [-0.05, 0) is 17.7 Å². The van der Waals surface area contributed by atoms with Crippen molar-refractivity contribution in [2.24, 2.45) is 5.84 Å². The van der Waals surface area contributed by atoms with Crippen LogP contribution in [0.3, 0.4) is 0 Å². The summed E-state index contributed by atoms with van der Waals surface area (Å²) >= 11 is 5.51. The zero-order valence-corrected chi connectivity index (χ0v) is 8.98. The van der Waals surface area contributed by atoms with E-state index < -0.39 is 5.82 Å². The zero-order valence-electron chi connectivity index (χ0n) is 6.59. The Hall–Kier alpha value is -0.0600. The highest BCUT2D eigenvalue weighted by molar-refractivity contribution is 6.30. The van der Waals surface area contributed by atoms with Crippen LogP contribution in [0.4, 0.5) is 4.39 Å². The Labute approximate surface area is 93.4 Å². The lowest BCUT2D eigenvalue weighted by molar-refractivity contribution is 0.626. The highest BCUT2D eigenvalue weighted by Gasteiger charge is 1.98. The van der Waals surface area contributed by atoms with Crippen molar-refractivity contribution < 1.29 is 4.39 Å². The molecule has 1 rings (SSSR count). The van der Waals surface area contributed by atoms with Crippen molar-refractivity contribution >= 4 is 36.4 Å². The van der Waals surface area contributed by atoms with Gasteiger partial charge < -0.3 is 0 Å². The maximum atomic E-state index is 12.6. The molecule has 2 nitrogen and oxygen atoms in total. The molecule has 0 fully saturated rings. The molecule has 13 heavy (non-hydrogen) atoms.